The van der Waals surface area contributed by atoms with Crippen molar-refractivity contribution in [2.45, 2.75) is 51.6 Å². The lowest BCUT2D eigenvalue weighted by Gasteiger charge is -2.37. The summed E-state index contributed by atoms with van der Waals surface area (Å²) in [6, 6.07) is 7.27. The molecule has 24 heavy (non-hydrogen) atoms. The molecule has 0 bridgehead atoms. The highest BCUT2D eigenvalue weighted by atomic mass is 16.2. The van der Waals surface area contributed by atoms with Crippen LogP contribution >= 0.6 is 0 Å². The first-order valence-corrected chi connectivity index (χ1v) is 9.36. The van der Waals surface area contributed by atoms with E-state index in [0.29, 0.717) is 12.6 Å². The predicted molar refractivity (Wildman–Crippen MR) is 98.2 cm³/mol. The maximum absolute atomic E-state index is 12.4. The SMILES string of the molecule is C[C@@H]1CN(C)CCN1CC(=O)N[C@H](C)c1ccc2c(c1)CCCC2. The van der Waals surface area contributed by atoms with Gasteiger partial charge >= 0.3 is 0 Å². The number of rotatable bonds is 4. The fourth-order valence-corrected chi connectivity index (χ4v) is 3.99. The molecule has 0 unspecified atom stereocenters. The van der Waals surface area contributed by atoms with Crippen LogP contribution in [0.15, 0.2) is 18.2 Å². The third-order valence-electron chi connectivity index (χ3n) is 5.56. The lowest BCUT2D eigenvalue weighted by molar-refractivity contribution is -0.124. The van der Waals surface area contributed by atoms with E-state index in [2.05, 4.69) is 54.2 Å². The standard InChI is InChI=1S/C20H31N3O/c1-15-13-22(3)10-11-23(15)14-20(24)21-16(2)18-9-8-17-6-4-5-7-19(17)12-18/h8-9,12,15-16H,4-7,10-11,13-14H2,1-3H3,(H,21,24)/t15-,16-/m1/s1. The molecule has 1 aliphatic carbocycles. The van der Waals surface area contributed by atoms with E-state index in [-0.39, 0.29) is 11.9 Å². The van der Waals surface area contributed by atoms with Crippen molar-refractivity contribution in [3.05, 3.63) is 34.9 Å². The first kappa shape index (κ1) is 17.4. The van der Waals surface area contributed by atoms with E-state index in [4.69, 9.17) is 0 Å². The number of amides is 1. The molecule has 1 aromatic carbocycles. The molecule has 1 N–H and O–H groups in total. The Kier molecular flexibility index (Phi) is 5.57. The molecule has 132 valence electrons. The molecule has 4 nitrogen and oxygen atoms in total. The minimum atomic E-state index is 0.0764. The fourth-order valence-electron chi connectivity index (χ4n) is 3.99. The number of aryl methyl sites for hydroxylation is 2. The molecule has 1 fully saturated rings. The van der Waals surface area contributed by atoms with Crippen molar-refractivity contribution in [1.29, 1.82) is 0 Å². The van der Waals surface area contributed by atoms with Gasteiger partial charge in [0, 0.05) is 25.7 Å². The van der Waals surface area contributed by atoms with Gasteiger partial charge in [0.15, 0.2) is 0 Å². The number of hydrogen-bond donors (Lipinski definition) is 1. The van der Waals surface area contributed by atoms with Gasteiger partial charge in [-0.15, -0.1) is 0 Å². The molecule has 1 aromatic rings. The van der Waals surface area contributed by atoms with Gasteiger partial charge in [-0.3, -0.25) is 9.69 Å². The van der Waals surface area contributed by atoms with Crippen LogP contribution < -0.4 is 5.32 Å². The number of nitrogens with zero attached hydrogens (tertiary/aromatic N) is 2. The van der Waals surface area contributed by atoms with E-state index in [1.807, 2.05) is 0 Å². The van der Waals surface area contributed by atoms with Gasteiger partial charge in [0.05, 0.1) is 12.6 Å². The molecule has 2 aliphatic rings. The first-order valence-electron chi connectivity index (χ1n) is 9.36. The van der Waals surface area contributed by atoms with Crippen LogP contribution in [0.3, 0.4) is 0 Å². The van der Waals surface area contributed by atoms with Crippen LogP contribution in [0.25, 0.3) is 0 Å². The van der Waals surface area contributed by atoms with Crippen LogP contribution in [0.4, 0.5) is 0 Å². The Hall–Kier alpha value is -1.39. The molecule has 0 radical (unpaired) electrons. The molecule has 1 heterocycles. The van der Waals surface area contributed by atoms with Crippen molar-refractivity contribution < 1.29 is 4.79 Å². The van der Waals surface area contributed by atoms with Crippen LogP contribution in [-0.4, -0.2) is 55.0 Å². The van der Waals surface area contributed by atoms with Gasteiger partial charge in [-0.2, -0.15) is 0 Å². The van der Waals surface area contributed by atoms with Crippen LogP contribution in [-0.2, 0) is 17.6 Å². The quantitative estimate of drug-likeness (QED) is 0.921. The van der Waals surface area contributed by atoms with Crippen molar-refractivity contribution in [2.24, 2.45) is 0 Å². The Morgan fingerprint density at radius 3 is 2.75 bits per heavy atom. The Balaban J connectivity index is 1.56. The van der Waals surface area contributed by atoms with Gasteiger partial charge in [-0.05, 0) is 63.3 Å². The highest BCUT2D eigenvalue weighted by Gasteiger charge is 2.24. The summed E-state index contributed by atoms with van der Waals surface area (Å²) in [7, 11) is 2.14. The summed E-state index contributed by atoms with van der Waals surface area (Å²) in [6.07, 6.45) is 4.99. The Morgan fingerprint density at radius 1 is 1.25 bits per heavy atom. The average Bonchev–Trinajstić information content (AvgIpc) is 2.57. The zero-order valence-electron chi connectivity index (χ0n) is 15.3. The average molecular weight is 329 g/mol. The third-order valence-corrected chi connectivity index (χ3v) is 5.56. The van der Waals surface area contributed by atoms with E-state index < -0.39 is 0 Å². The van der Waals surface area contributed by atoms with Crippen molar-refractivity contribution in [2.75, 3.05) is 33.2 Å². The number of hydrogen-bond acceptors (Lipinski definition) is 3. The summed E-state index contributed by atoms with van der Waals surface area (Å²) >= 11 is 0. The van der Waals surface area contributed by atoms with Crippen LogP contribution in [0, 0.1) is 0 Å². The second kappa shape index (κ2) is 7.66. The van der Waals surface area contributed by atoms with E-state index >= 15 is 0 Å². The number of benzene rings is 1. The normalized spacial score (nSPS) is 23.5. The topological polar surface area (TPSA) is 35.6 Å². The summed E-state index contributed by atoms with van der Waals surface area (Å²) in [5, 5.41) is 3.19. The van der Waals surface area contributed by atoms with Crippen LogP contribution in [0.5, 0.6) is 0 Å². The van der Waals surface area contributed by atoms with Crippen molar-refractivity contribution in [3.8, 4) is 0 Å². The van der Waals surface area contributed by atoms with Gasteiger partial charge in [0.1, 0.15) is 0 Å². The Morgan fingerprint density at radius 2 is 2.00 bits per heavy atom. The van der Waals surface area contributed by atoms with Crippen LogP contribution in [0.1, 0.15) is 49.4 Å². The summed E-state index contributed by atoms with van der Waals surface area (Å²) in [4.78, 5) is 17.1. The number of nitrogens with one attached hydrogen (secondary N) is 1. The number of fused-ring (bicyclic) bond motifs is 1. The molecule has 4 heteroatoms. The second-order valence-electron chi connectivity index (χ2n) is 7.61. The molecular formula is C20H31N3O. The van der Waals surface area contributed by atoms with E-state index in [0.717, 1.165) is 19.6 Å². The van der Waals surface area contributed by atoms with Crippen molar-refractivity contribution in [3.63, 3.8) is 0 Å². The predicted octanol–water partition coefficient (Wildman–Crippen LogP) is 2.38. The summed E-state index contributed by atoms with van der Waals surface area (Å²) < 4.78 is 0. The lowest BCUT2D eigenvalue weighted by Crippen LogP contribution is -2.53. The molecule has 3 rings (SSSR count). The number of likely N-dealkylation sites (N-methyl/N-ethyl adjacent to an activating group) is 1. The summed E-state index contributed by atoms with van der Waals surface area (Å²) in [5.74, 6) is 0.136. The van der Waals surface area contributed by atoms with Crippen LogP contribution in [0.2, 0.25) is 0 Å². The fraction of sp³-hybridized carbons (Fsp3) is 0.650. The van der Waals surface area contributed by atoms with Gasteiger partial charge in [0.25, 0.3) is 0 Å². The minimum absolute atomic E-state index is 0.0764. The highest BCUT2D eigenvalue weighted by molar-refractivity contribution is 5.78. The Bertz CT molecular complexity index is 586. The van der Waals surface area contributed by atoms with Crippen molar-refractivity contribution >= 4 is 5.91 Å². The minimum Gasteiger partial charge on any atom is -0.348 e. The van der Waals surface area contributed by atoms with Gasteiger partial charge in [-0.1, -0.05) is 18.2 Å². The largest absolute Gasteiger partial charge is 0.348 e. The molecule has 1 saturated heterocycles. The Labute approximate surface area is 146 Å². The molecule has 0 spiro atoms. The molecule has 1 aliphatic heterocycles. The first-order chi connectivity index (χ1) is 11.5. The van der Waals surface area contributed by atoms with Gasteiger partial charge < -0.3 is 10.2 Å². The maximum atomic E-state index is 12.4. The number of carbonyl (C=O) groups excluding carboxylic acids is 1. The molecular weight excluding hydrogens is 298 g/mol. The van der Waals surface area contributed by atoms with Crippen molar-refractivity contribution in [1.82, 2.24) is 15.1 Å². The zero-order chi connectivity index (χ0) is 17.1. The lowest BCUT2D eigenvalue weighted by atomic mass is 9.89. The zero-order valence-corrected chi connectivity index (χ0v) is 15.3. The maximum Gasteiger partial charge on any atom is 0.234 e. The van der Waals surface area contributed by atoms with Gasteiger partial charge in [0.2, 0.25) is 5.91 Å². The van der Waals surface area contributed by atoms with E-state index in [1.54, 1.807) is 0 Å². The summed E-state index contributed by atoms with van der Waals surface area (Å²) in [5.41, 5.74) is 4.21. The third kappa shape index (κ3) is 4.17. The number of piperazine rings is 1. The van der Waals surface area contributed by atoms with E-state index in [1.165, 1.54) is 42.4 Å². The molecule has 1 amide bonds. The molecule has 0 saturated carbocycles. The monoisotopic (exact) mass is 329 g/mol. The molecule has 2 atom stereocenters. The van der Waals surface area contributed by atoms with Gasteiger partial charge in [-0.25, -0.2) is 0 Å². The molecule has 0 aromatic heterocycles. The highest BCUT2D eigenvalue weighted by Crippen LogP contribution is 2.24. The second-order valence-corrected chi connectivity index (χ2v) is 7.61. The smallest absolute Gasteiger partial charge is 0.234 e. The number of carbonyl (C=O) groups is 1. The van der Waals surface area contributed by atoms with E-state index in [9.17, 15) is 4.79 Å². The summed E-state index contributed by atoms with van der Waals surface area (Å²) in [6.45, 7) is 7.85.